The number of carbonyl (C=O) groups is 1. The van der Waals surface area contributed by atoms with Gasteiger partial charge in [0.05, 0.1) is 34.9 Å². The van der Waals surface area contributed by atoms with Crippen LogP contribution in [0.2, 0.25) is 0 Å². The molecule has 0 bridgehead atoms. The maximum Gasteiger partial charge on any atom is 0.280 e. The number of hydrogen-bond donors (Lipinski definition) is 1. The second-order valence-electron chi connectivity index (χ2n) is 6.60. The van der Waals surface area contributed by atoms with Gasteiger partial charge in [-0.1, -0.05) is 0 Å². The third-order valence-corrected chi connectivity index (χ3v) is 4.45. The van der Waals surface area contributed by atoms with Crippen molar-refractivity contribution >= 4 is 12.1 Å². The quantitative estimate of drug-likeness (QED) is 0.502. The van der Waals surface area contributed by atoms with Crippen molar-refractivity contribution in [3.05, 3.63) is 76.9 Å². The Labute approximate surface area is 173 Å². The number of nitriles is 1. The number of carbonyl (C=O) groups excluding carboxylic acids is 1. The second-order valence-corrected chi connectivity index (χ2v) is 6.60. The molecule has 0 fully saturated rings. The van der Waals surface area contributed by atoms with Crippen LogP contribution < -0.4 is 10.2 Å². The van der Waals surface area contributed by atoms with Crippen LogP contribution in [0.4, 0.5) is 4.39 Å². The van der Waals surface area contributed by atoms with Crippen molar-refractivity contribution in [1.29, 1.82) is 5.26 Å². The summed E-state index contributed by atoms with van der Waals surface area (Å²) in [5, 5.41) is 17.3. The number of hydrogen-bond acceptors (Lipinski definition) is 5. The monoisotopic (exact) mass is 405 g/mol. The van der Waals surface area contributed by atoms with Crippen molar-refractivity contribution in [2.75, 3.05) is 0 Å². The Hall–Kier alpha value is -3.99. The minimum absolute atomic E-state index is 0.317. The molecule has 1 heterocycles. The molecule has 0 aliphatic rings. The highest BCUT2D eigenvalue weighted by molar-refractivity contribution is 5.86. The van der Waals surface area contributed by atoms with Crippen LogP contribution in [0.25, 0.3) is 5.69 Å². The molecule has 3 aromatic rings. The molecular formula is C22H20FN5O2. The second kappa shape index (κ2) is 9.01. The molecule has 30 heavy (non-hydrogen) atoms. The summed E-state index contributed by atoms with van der Waals surface area (Å²) in [7, 11) is 0. The molecule has 1 atom stereocenters. The van der Waals surface area contributed by atoms with Gasteiger partial charge in [-0.25, -0.2) is 14.5 Å². The molecule has 3 rings (SSSR count). The molecule has 2 aromatic carbocycles. The summed E-state index contributed by atoms with van der Waals surface area (Å²) in [5.74, 6) is -0.258. The van der Waals surface area contributed by atoms with E-state index in [9.17, 15) is 9.18 Å². The van der Waals surface area contributed by atoms with Gasteiger partial charge in [-0.2, -0.15) is 15.5 Å². The SMILES string of the molecule is Cc1nn(-c2ccc(F)cc2)c(C)c1/C=N\NC(=O)[C@H](C)Oc1ccc(C#N)cc1. The molecule has 152 valence electrons. The van der Waals surface area contributed by atoms with E-state index in [1.54, 1.807) is 48.0 Å². The van der Waals surface area contributed by atoms with Crippen LogP contribution in [0.1, 0.15) is 29.4 Å². The van der Waals surface area contributed by atoms with Gasteiger partial charge >= 0.3 is 0 Å². The van der Waals surface area contributed by atoms with Crippen molar-refractivity contribution in [2.45, 2.75) is 26.9 Å². The van der Waals surface area contributed by atoms with Crippen LogP contribution in [-0.4, -0.2) is 28.0 Å². The number of rotatable bonds is 6. The summed E-state index contributed by atoms with van der Waals surface area (Å²) in [6, 6.07) is 14.5. The number of aromatic nitrogens is 2. The molecule has 0 radical (unpaired) electrons. The van der Waals surface area contributed by atoms with E-state index < -0.39 is 12.0 Å². The van der Waals surface area contributed by atoms with Crippen LogP contribution in [-0.2, 0) is 4.79 Å². The van der Waals surface area contributed by atoms with E-state index in [0.29, 0.717) is 11.3 Å². The summed E-state index contributed by atoms with van der Waals surface area (Å²) in [5.41, 5.74) is 5.96. The van der Waals surface area contributed by atoms with Gasteiger partial charge in [0, 0.05) is 5.56 Å². The highest BCUT2D eigenvalue weighted by Gasteiger charge is 2.15. The van der Waals surface area contributed by atoms with E-state index in [4.69, 9.17) is 10.00 Å². The topological polar surface area (TPSA) is 92.3 Å². The highest BCUT2D eigenvalue weighted by atomic mass is 19.1. The van der Waals surface area contributed by atoms with Gasteiger partial charge in [-0.3, -0.25) is 4.79 Å². The minimum atomic E-state index is -0.779. The lowest BCUT2D eigenvalue weighted by atomic mass is 10.2. The summed E-state index contributed by atoms with van der Waals surface area (Å²) in [6.07, 6.45) is 0.739. The number of halogens is 1. The predicted octanol–water partition coefficient (Wildman–Crippen LogP) is 3.42. The van der Waals surface area contributed by atoms with Crippen molar-refractivity contribution in [3.8, 4) is 17.5 Å². The first kappa shape index (κ1) is 20.7. The minimum Gasteiger partial charge on any atom is -0.481 e. The zero-order valence-corrected chi connectivity index (χ0v) is 16.8. The lowest BCUT2D eigenvalue weighted by molar-refractivity contribution is -0.127. The van der Waals surface area contributed by atoms with Crippen LogP contribution in [0, 0.1) is 31.0 Å². The van der Waals surface area contributed by atoms with Crippen molar-refractivity contribution in [1.82, 2.24) is 15.2 Å². The molecule has 0 aliphatic heterocycles. The Morgan fingerprint density at radius 1 is 1.23 bits per heavy atom. The van der Waals surface area contributed by atoms with Gasteiger partial charge in [-0.15, -0.1) is 0 Å². The zero-order chi connectivity index (χ0) is 21.7. The molecule has 0 spiro atoms. The number of benzene rings is 2. The van der Waals surface area contributed by atoms with Gasteiger partial charge in [0.15, 0.2) is 6.10 Å². The highest BCUT2D eigenvalue weighted by Crippen LogP contribution is 2.17. The van der Waals surface area contributed by atoms with Crippen LogP contribution in [0.15, 0.2) is 53.6 Å². The molecule has 1 N–H and O–H groups in total. The fraction of sp³-hybridized carbons (Fsp3) is 0.182. The first-order valence-electron chi connectivity index (χ1n) is 9.21. The van der Waals surface area contributed by atoms with Crippen molar-refractivity contribution in [2.24, 2.45) is 5.10 Å². The summed E-state index contributed by atoms with van der Waals surface area (Å²) in [4.78, 5) is 12.2. The molecule has 0 saturated heterocycles. The Morgan fingerprint density at radius 2 is 1.90 bits per heavy atom. The Balaban J connectivity index is 1.65. The molecule has 1 amide bonds. The normalized spacial score (nSPS) is 11.8. The summed E-state index contributed by atoms with van der Waals surface area (Å²) >= 11 is 0. The molecule has 1 aromatic heterocycles. The van der Waals surface area contributed by atoms with E-state index >= 15 is 0 Å². The molecule has 8 heteroatoms. The number of nitrogens with one attached hydrogen (secondary N) is 1. The number of aryl methyl sites for hydroxylation is 1. The van der Waals surface area contributed by atoms with Gasteiger partial charge in [0.25, 0.3) is 5.91 Å². The van der Waals surface area contributed by atoms with Crippen molar-refractivity contribution < 1.29 is 13.9 Å². The lowest BCUT2D eigenvalue weighted by Gasteiger charge is -2.12. The van der Waals surface area contributed by atoms with Gasteiger partial charge < -0.3 is 4.74 Å². The molecule has 7 nitrogen and oxygen atoms in total. The number of ether oxygens (including phenoxy) is 1. The zero-order valence-electron chi connectivity index (χ0n) is 16.8. The maximum absolute atomic E-state index is 13.2. The third kappa shape index (κ3) is 4.70. The Bertz CT molecular complexity index is 1110. The largest absolute Gasteiger partial charge is 0.481 e. The number of hydrazone groups is 1. The van der Waals surface area contributed by atoms with Gasteiger partial charge in [0.2, 0.25) is 0 Å². The van der Waals surface area contributed by atoms with Gasteiger partial charge in [-0.05, 0) is 69.3 Å². The van der Waals surface area contributed by atoms with E-state index in [1.807, 2.05) is 19.9 Å². The predicted molar refractivity (Wildman–Crippen MR) is 110 cm³/mol. The average molecular weight is 405 g/mol. The van der Waals surface area contributed by atoms with E-state index in [2.05, 4.69) is 15.6 Å². The van der Waals surface area contributed by atoms with Gasteiger partial charge in [0.1, 0.15) is 11.6 Å². The maximum atomic E-state index is 13.2. The molecule has 0 saturated carbocycles. The van der Waals surface area contributed by atoms with Crippen LogP contribution in [0.5, 0.6) is 5.75 Å². The fourth-order valence-corrected chi connectivity index (χ4v) is 2.79. The fourth-order valence-electron chi connectivity index (χ4n) is 2.79. The third-order valence-electron chi connectivity index (χ3n) is 4.45. The molecule has 0 aliphatic carbocycles. The van der Waals surface area contributed by atoms with E-state index in [0.717, 1.165) is 22.6 Å². The van der Waals surface area contributed by atoms with Crippen molar-refractivity contribution in [3.63, 3.8) is 0 Å². The standard InChI is InChI=1S/C22H20FN5O2/c1-14-21(15(2)28(27-14)19-8-6-18(23)7-9-19)13-25-26-22(29)16(3)30-20-10-4-17(12-24)5-11-20/h4-11,13,16H,1-3H3,(H,26,29)/b25-13-/t16-/m0/s1. The average Bonchev–Trinajstić information content (AvgIpc) is 3.03. The number of nitrogens with zero attached hydrogens (tertiary/aromatic N) is 4. The van der Waals surface area contributed by atoms with E-state index in [1.165, 1.54) is 18.3 Å². The smallest absolute Gasteiger partial charge is 0.280 e. The number of amides is 1. The Morgan fingerprint density at radius 3 is 2.53 bits per heavy atom. The summed E-state index contributed by atoms with van der Waals surface area (Å²) in [6.45, 7) is 5.29. The summed E-state index contributed by atoms with van der Waals surface area (Å²) < 4.78 is 20.4. The first-order chi connectivity index (χ1) is 14.4. The lowest BCUT2D eigenvalue weighted by Crippen LogP contribution is -2.33. The molecular weight excluding hydrogens is 385 g/mol. The molecule has 0 unspecified atom stereocenters. The first-order valence-corrected chi connectivity index (χ1v) is 9.21. The van der Waals surface area contributed by atoms with E-state index in [-0.39, 0.29) is 5.82 Å². The van der Waals surface area contributed by atoms with Crippen LogP contribution >= 0.6 is 0 Å². The Kier molecular flexibility index (Phi) is 6.23. The van der Waals surface area contributed by atoms with Crippen LogP contribution in [0.3, 0.4) is 0 Å².